The first-order valence-electron chi connectivity index (χ1n) is 18.5. The minimum atomic E-state index is -1.46. The molecule has 56 heavy (non-hydrogen) atoms. The van der Waals surface area contributed by atoms with Crippen molar-refractivity contribution in [3.05, 3.63) is 156 Å². The Kier molecular flexibility index (Phi) is 11.9. The molecule has 0 spiro atoms. The van der Waals surface area contributed by atoms with Crippen molar-refractivity contribution in [2.45, 2.75) is 74.0 Å². The smallest absolute Gasteiger partial charge is 0.338 e. The van der Waals surface area contributed by atoms with Gasteiger partial charge < -0.3 is 52.5 Å². The van der Waals surface area contributed by atoms with E-state index in [1.807, 2.05) is 60.7 Å². The van der Waals surface area contributed by atoms with Gasteiger partial charge in [0.05, 0.1) is 30.9 Å². The summed E-state index contributed by atoms with van der Waals surface area (Å²) in [4.78, 5) is 27.4. The van der Waals surface area contributed by atoms with Crippen LogP contribution in [0.25, 0.3) is 0 Å². The summed E-state index contributed by atoms with van der Waals surface area (Å²) in [5.41, 5.74) is 1.99. The van der Waals surface area contributed by atoms with Gasteiger partial charge in [-0.2, -0.15) is 0 Å². The summed E-state index contributed by atoms with van der Waals surface area (Å²) in [5.74, 6) is -1.41. The Morgan fingerprint density at radius 1 is 0.607 bits per heavy atom. The minimum absolute atomic E-state index is 0.0121. The number of esters is 2. The number of hydrogen-bond acceptors (Lipinski definition) is 13. The third-order valence-corrected chi connectivity index (χ3v) is 9.91. The Hall–Kier alpha value is -4.80. The quantitative estimate of drug-likeness (QED) is 0.160. The van der Waals surface area contributed by atoms with Gasteiger partial charge in [-0.25, -0.2) is 9.59 Å². The molecule has 0 radical (unpaired) electrons. The van der Waals surface area contributed by atoms with Crippen molar-refractivity contribution in [2.75, 3.05) is 19.8 Å². The van der Waals surface area contributed by atoms with Gasteiger partial charge >= 0.3 is 11.9 Å². The van der Waals surface area contributed by atoms with Crippen molar-refractivity contribution >= 4 is 11.9 Å². The highest BCUT2D eigenvalue weighted by atomic mass is 16.8. The SMILES string of the molecule is C=CCO[C@@H]1O[C@@H]2CO[C@@H](c3ccccc3)O[C@H]2[C@H](O[C@@H]2O[C@@H]3CO[C@@H](c4ccccc4)O[C@H]3[C@H](O)[C@H]2OC(=O)c2ccccc2)[C@H]1OC(=O)c1ccccc1. The molecule has 4 saturated heterocycles. The number of ether oxygens (including phenoxy) is 10. The van der Waals surface area contributed by atoms with Crippen molar-refractivity contribution in [1.82, 2.24) is 0 Å². The fourth-order valence-electron chi connectivity index (χ4n) is 7.17. The van der Waals surface area contributed by atoms with Crippen molar-refractivity contribution < 1.29 is 62.1 Å². The maximum absolute atomic E-state index is 13.7. The standard InChI is InChI=1S/C43H42O13/c1-2-23-47-42-37(53-39(46)27-17-9-4-10-18-27)36(34-31(50-42)25-49-41(55-34)29-21-13-6-14-22-29)56-43-35(52-38(45)26-15-7-3-8-16-26)32(44)33-30(51-43)24-48-40(54-33)28-19-11-5-12-20-28/h2-22,30-37,40-44H,1,23-25H2/t30-,31-,32+,33-,34-,35-,36+,37-,40-,41-,42-,43+/m1/s1. The molecule has 0 bridgehead atoms. The lowest BCUT2D eigenvalue weighted by Gasteiger charge is -2.51. The summed E-state index contributed by atoms with van der Waals surface area (Å²) in [6.45, 7) is 3.88. The third-order valence-electron chi connectivity index (χ3n) is 9.91. The van der Waals surface area contributed by atoms with Crippen molar-refractivity contribution in [3.63, 3.8) is 0 Å². The summed E-state index contributed by atoms with van der Waals surface area (Å²) >= 11 is 0. The number of aliphatic hydroxyl groups excluding tert-OH is 1. The van der Waals surface area contributed by atoms with E-state index in [4.69, 9.17) is 47.4 Å². The maximum atomic E-state index is 13.7. The van der Waals surface area contributed by atoms with Gasteiger partial charge in [-0.05, 0) is 24.3 Å². The lowest BCUT2D eigenvalue weighted by Crippen LogP contribution is -2.68. The van der Waals surface area contributed by atoms with Crippen LogP contribution in [-0.2, 0) is 47.4 Å². The molecule has 8 rings (SSSR count). The number of carbonyl (C=O) groups is 2. The molecule has 4 heterocycles. The summed E-state index contributed by atoms with van der Waals surface area (Å²) in [6.07, 6.45) is -11.7. The molecule has 4 aliphatic heterocycles. The molecule has 4 aliphatic rings. The average molecular weight is 767 g/mol. The monoisotopic (exact) mass is 766 g/mol. The zero-order valence-electron chi connectivity index (χ0n) is 30.2. The van der Waals surface area contributed by atoms with E-state index in [2.05, 4.69) is 6.58 Å². The summed E-state index contributed by atoms with van der Waals surface area (Å²) in [6, 6.07) is 35.4. The van der Waals surface area contributed by atoms with Gasteiger partial charge in [-0.15, -0.1) is 6.58 Å². The molecule has 13 heteroatoms. The molecule has 0 amide bonds. The van der Waals surface area contributed by atoms with Crippen molar-refractivity contribution in [2.24, 2.45) is 0 Å². The molecule has 0 aromatic heterocycles. The number of rotatable bonds is 11. The second kappa shape index (κ2) is 17.6. The fourth-order valence-corrected chi connectivity index (χ4v) is 7.17. The van der Waals surface area contributed by atoms with Gasteiger partial charge in [0.15, 0.2) is 37.4 Å². The predicted molar refractivity (Wildman–Crippen MR) is 196 cm³/mol. The van der Waals surface area contributed by atoms with Crippen LogP contribution in [0.15, 0.2) is 134 Å². The molecule has 0 saturated carbocycles. The summed E-state index contributed by atoms with van der Waals surface area (Å²) < 4.78 is 62.9. The van der Waals surface area contributed by atoms with Gasteiger partial charge in [0, 0.05) is 11.1 Å². The first-order chi connectivity index (χ1) is 27.5. The number of carbonyl (C=O) groups excluding carboxylic acids is 2. The van der Waals surface area contributed by atoms with Crippen molar-refractivity contribution in [3.8, 4) is 0 Å². The minimum Gasteiger partial charge on any atom is -0.450 e. The Balaban J connectivity index is 1.14. The Morgan fingerprint density at radius 2 is 1.07 bits per heavy atom. The number of hydrogen-bond donors (Lipinski definition) is 1. The number of fused-ring (bicyclic) bond motifs is 2. The number of aliphatic hydroxyl groups is 1. The zero-order valence-corrected chi connectivity index (χ0v) is 30.2. The van der Waals surface area contributed by atoms with E-state index in [0.717, 1.165) is 11.1 Å². The van der Waals surface area contributed by atoms with Gasteiger partial charge in [-0.1, -0.05) is 103 Å². The zero-order chi connectivity index (χ0) is 38.4. The van der Waals surface area contributed by atoms with E-state index in [1.54, 1.807) is 60.7 Å². The van der Waals surface area contributed by atoms with E-state index in [1.165, 1.54) is 6.08 Å². The van der Waals surface area contributed by atoms with Gasteiger partial charge in [0.25, 0.3) is 0 Å². The molecule has 4 aromatic carbocycles. The van der Waals surface area contributed by atoms with Crippen LogP contribution < -0.4 is 0 Å². The molecule has 13 nitrogen and oxygen atoms in total. The lowest BCUT2D eigenvalue weighted by atomic mass is 9.95. The van der Waals surface area contributed by atoms with Gasteiger partial charge in [0.2, 0.25) is 0 Å². The highest BCUT2D eigenvalue weighted by molar-refractivity contribution is 5.90. The van der Waals surface area contributed by atoms with Crippen LogP contribution in [-0.4, -0.2) is 98.3 Å². The first kappa shape index (κ1) is 38.1. The van der Waals surface area contributed by atoms with Crippen LogP contribution in [0, 0.1) is 0 Å². The van der Waals surface area contributed by atoms with Crippen LogP contribution in [0.1, 0.15) is 44.4 Å². The first-order valence-corrected chi connectivity index (χ1v) is 18.5. The van der Waals surface area contributed by atoms with E-state index in [9.17, 15) is 14.7 Å². The Bertz CT molecular complexity index is 1900. The Morgan fingerprint density at radius 3 is 1.61 bits per heavy atom. The maximum Gasteiger partial charge on any atom is 0.338 e. The Labute approximate surface area is 323 Å². The highest BCUT2D eigenvalue weighted by Gasteiger charge is 2.58. The second-order valence-corrected chi connectivity index (χ2v) is 13.6. The molecular formula is C43H42O13. The molecule has 292 valence electrons. The van der Waals surface area contributed by atoms with Gasteiger partial charge in [-0.3, -0.25) is 0 Å². The normalized spacial score (nSPS) is 32.6. The molecule has 0 unspecified atom stereocenters. The molecule has 1 N–H and O–H groups in total. The molecule has 12 atom stereocenters. The largest absolute Gasteiger partial charge is 0.450 e. The van der Waals surface area contributed by atoms with E-state index in [0.29, 0.717) is 0 Å². The fraction of sp³-hybridized carbons (Fsp3) is 0.349. The van der Waals surface area contributed by atoms with Crippen LogP contribution in [0.4, 0.5) is 0 Å². The van der Waals surface area contributed by atoms with Crippen LogP contribution in [0.3, 0.4) is 0 Å². The summed E-state index contributed by atoms with van der Waals surface area (Å²) in [7, 11) is 0. The molecule has 4 fully saturated rings. The van der Waals surface area contributed by atoms with E-state index >= 15 is 0 Å². The van der Waals surface area contributed by atoms with Gasteiger partial charge in [0.1, 0.15) is 36.6 Å². The van der Waals surface area contributed by atoms with Crippen LogP contribution >= 0.6 is 0 Å². The third kappa shape index (κ3) is 8.32. The van der Waals surface area contributed by atoms with Crippen LogP contribution in [0.2, 0.25) is 0 Å². The lowest BCUT2D eigenvalue weighted by molar-refractivity contribution is -0.402. The van der Waals surface area contributed by atoms with E-state index in [-0.39, 0.29) is 30.9 Å². The molecule has 4 aromatic rings. The van der Waals surface area contributed by atoms with Crippen LogP contribution in [0.5, 0.6) is 0 Å². The molecule has 0 aliphatic carbocycles. The van der Waals surface area contributed by atoms with E-state index < -0.39 is 85.9 Å². The van der Waals surface area contributed by atoms with Crippen molar-refractivity contribution in [1.29, 1.82) is 0 Å². The topological polar surface area (TPSA) is 147 Å². The highest BCUT2D eigenvalue weighted by Crippen LogP contribution is 2.41. The summed E-state index contributed by atoms with van der Waals surface area (Å²) in [5, 5.41) is 12.1. The average Bonchev–Trinajstić information content (AvgIpc) is 3.26. The number of benzene rings is 4. The predicted octanol–water partition coefficient (Wildman–Crippen LogP) is 5.06. The molecular weight excluding hydrogens is 724 g/mol. The second-order valence-electron chi connectivity index (χ2n) is 13.6.